The normalized spacial score (nSPS) is 9.29. The molecule has 0 atom stereocenters. The third-order valence-electron chi connectivity index (χ3n) is 2.02. The van der Waals surface area contributed by atoms with Crippen molar-refractivity contribution in [2.75, 3.05) is 26.7 Å². The number of benzene rings is 1. The van der Waals surface area contributed by atoms with Crippen molar-refractivity contribution in [3.63, 3.8) is 0 Å². The summed E-state index contributed by atoms with van der Waals surface area (Å²) in [4.78, 5) is 11.1. The SMILES string of the molecule is CNCC(=O)NCCOc1cccc(C)c1.Cl. The molecule has 0 spiro atoms. The first-order valence-corrected chi connectivity index (χ1v) is 5.33. The van der Waals surface area contributed by atoms with Crippen molar-refractivity contribution >= 4 is 18.3 Å². The van der Waals surface area contributed by atoms with Crippen LogP contribution in [0.1, 0.15) is 5.56 Å². The fraction of sp³-hybridized carbons (Fsp3) is 0.417. The van der Waals surface area contributed by atoms with Gasteiger partial charge in [-0.25, -0.2) is 0 Å². The molecule has 0 aliphatic rings. The average Bonchev–Trinajstić information content (AvgIpc) is 2.25. The monoisotopic (exact) mass is 258 g/mol. The molecule has 2 N–H and O–H groups in total. The van der Waals surface area contributed by atoms with Gasteiger partial charge in [-0.3, -0.25) is 4.79 Å². The van der Waals surface area contributed by atoms with Crippen LogP contribution >= 0.6 is 12.4 Å². The fourth-order valence-corrected chi connectivity index (χ4v) is 1.29. The summed E-state index contributed by atoms with van der Waals surface area (Å²) in [7, 11) is 1.74. The van der Waals surface area contributed by atoms with Gasteiger partial charge in [0, 0.05) is 0 Å². The molecule has 0 unspecified atom stereocenters. The van der Waals surface area contributed by atoms with Crippen molar-refractivity contribution in [2.45, 2.75) is 6.92 Å². The maximum absolute atomic E-state index is 11.1. The molecule has 0 aliphatic carbocycles. The highest BCUT2D eigenvalue weighted by Gasteiger charge is 1.98. The molecule has 1 amide bonds. The molecular formula is C12H19ClN2O2. The maximum atomic E-state index is 11.1. The number of carbonyl (C=O) groups excluding carboxylic acids is 1. The van der Waals surface area contributed by atoms with E-state index in [2.05, 4.69) is 10.6 Å². The van der Waals surface area contributed by atoms with Gasteiger partial charge in [0.1, 0.15) is 12.4 Å². The summed E-state index contributed by atoms with van der Waals surface area (Å²) in [6, 6.07) is 7.84. The van der Waals surface area contributed by atoms with Crippen LogP contribution in [-0.4, -0.2) is 32.7 Å². The van der Waals surface area contributed by atoms with E-state index in [1.54, 1.807) is 7.05 Å². The minimum atomic E-state index is -0.0182. The van der Waals surface area contributed by atoms with Crippen LogP contribution in [0.4, 0.5) is 0 Å². The topological polar surface area (TPSA) is 50.4 Å². The van der Waals surface area contributed by atoms with Gasteiger partial charge >= 0.3 is 0 Å². The third kappa shape index (κ3) is 6.81. The molecule has 0 aliphatic heterocycles. The smallest absolute Gasteiger partial charge is 0.234 e. The summed E-state index contributed by atoms with van der Waals surface area (Å²) in [6.07, 6.45) is 0. The first kappa shape index (κ1) is 15.7. The molecule has 4 nitrogen and oxygen atoms in total. The summed E-state index contributed by atoms with van der Waals surface area (Å²) >= 11 is 0. The molecular weight excluding hydrogens is 240 g/mol. The number of hydrogen-bond donors (Lipinski definition) is 2. The Bertz CT molecular complexity index is 345. The number of amides is 1. The molecule has 0 bridgehead atoms. The predicted molar refractivity (Wildman–Crippen MR) is 70.9 cm³/mol. The van der Waals surface area contributed by atoms with Gasteiger partial charge in [0.15, 0.2) is 0 Å². The van der Waals surface area contributed by atoms with E-state index in [9.17, 15) is 4.79 Å². The van der Waals surface area contributed by atoms with Crippen LogP contribution in [0.2, 0.25) is 0 Å². The lowest BCUT2D eigenvalue weighted by Crippen LogP contribution is -2.34. The molecule has 5 heteroatoms. The standard InChI is InChI=1S/C12H18N2O2.ClH/c1-10-4-3-5-11(8-10)16-7-6-14-12(15)9-13-2;/h3-5,8,13H,6-7,9H2,1-2H3,(H,14,15);1H. The second kappa shape index (κ2) is 8.84. The number of nitrogens with one attached hydrogen (secondary N) is 2. The zero-order chi connectivity index (χ0) is 11.8. The molecule has 0 heterocycles. The second-order valence-electron chi connectivity index (χ2n) is 3.55. The van der Waals surface area contributed by atoms with E-state index in [4.69, 9.17) is 4.74 Å². The summed E-state index contributed by atoms with van der Waals surface area (Å²) in [5.74, 6) is 0.818. The highest BCUT2D eigenvalue weighted by molar-refractivity contribution is 5.85. The van der Waals surface area contributed by atoms with E-state index in [1.165, 1.54) is 0 Å². The van der Waals surface area contributed by atoms with Crippen LogP contribution < -0.4 is 15.4 Å². The zero-order valence-corrected chi connectivity index (χ0v) is 11.0. The molecule has 96 valence electrons. The van der Waals surface area contributed by atoms with Gasteiger partial charge in [0.05, 0.1) is 13.1 Å². The van der Waals surface area contributed by atoms with Gasteiger partial charge in [0.2, 0.25) is 5.91 Å². The largest absolute Gasteiger partial charge is 0.492 e. The Balaban J connectivity index is 0.00000256. The Morgan fingerprint density at radius 3 is 2.82 bits per heavy atom. The lowest BCUT2D eigenvalue weighted by Gasteiger charge is -2.07. The third-order valence-corrected chi connectivity index (χ3v) is 2.02. The van der Waals surface area contributed by atoms with Crippen molar-refractivity contribution < 1.29 is 9.53 Å². The molecule has 0 aromatic heterocycles. The van der Waals surface area contributed by atoms with Gasteiger partial charge < -0.3 is 15.4 Å². The number of rotatable bonds is 6. The van der Waals surface area contributed by atoms with E-state index >= 15 is 0 Å². The molecule has 0 radical (unpaired) electrons. The highest BCUT2D eigenvalue weighted by atomic mass is 35.5. The number of halogens is 1. The second-order valence-corrected chi connectivity index (χ2v) is 3.55. The lowest BCUT2D eigenvalue weighted by atomic mass is 10.2. The van der Waals surface area contributed by atoms with Crippen LogP contribution in [0.3, 0.4) is 0 Å². The summed E-state index contributed by atoms with van der Waals surface area (Å²) < 4.78 is 5.48. The Morgan fingerprint density at radius 1 is 1.41 bits per heavy atom. The summed E-state index contributed by atoms with van der Waals surface area (Å²) in [6.45, 7) is 3.36. The molecule has 17 heavy (non-hydrogen) atoms. The predicted octanol–water partition coefficient (Wildman–Crippen LogP) is 1.13. The minimum absolute atomic E-state index is 0. The Morgan fingerprint density at radius 2 is 2.18 bits per heavy atom. The van der Waals surface area contributed by atoms with E-state index in [0.717, 1.165) is 11.3 Å². The quantitative estimate of drug-likeness (QED) is 0.753. The summed E-state index contributed by atoms with van der Waals surface area (Å²) in [5, 5.41) is 5.52. The Hall–Kier alpha value is -1.26. The first-order valence-electron chi connectivity index (χ1n) is 5.33. The number of hydrogen-bond acceptors (Lipinski definition) is 3. The van der Waals surface area contributed by atoms with Gasteiger partial charge in [-0.2, -0.15) is 0 Å². The van der Waals surface area contributed by atoms with E-state index in [-0.39, 0.29) is 18.3 Å². The van der Waals surface area contributed by atoms with E-state index in [0.29, 0.717) is 19.7 Å². The number of ether oxygens (including phenoxy) is 1. The van der Waals surface area contributed by atoms with Crippen molar-refractivity contribution in [1.29, 1.82) is 0 Å². The molecule has 1 aromatic carbocycles. The van der Waals surface area contributed by atoms with Gasteiger partial charge in [-0.05, 0) is 31.7 Å². The first-order chi connectivity index (χ1) is 7.72. The van der Waals surface area contributed by atoms with Crippen LogP contribution in [0, 0.1) is 6.92 Å². The highest BCUT2D eigenvalue weighted by Crippen LogP contribution is 2.11. The molecule has 0 saturated heterocycles. The van der Waals surface area contributed by atoms with Crippen molar-refractivity contribution in [3.8, 4) is 5.75 Å². The van der Waals surface area contributed by atoms with Crippen LogP contribution in [0.15, 0.2) is 24.3 Å². The van der Waals surface area contributed by atoms with E-state index < -0.39 is 0 Å². The molecule has 0 saturated carbocycles. The molecule has 1 aromatic rings. The van der Waals surface area contributed by atoms with Gasteiger partial charge in [0.25, 0.3) is 0 Å². The number of aryl methyl sites for hydroxylation is 1. The average molecular weight is 259 g/mol. The number of likely N-dealkylation sites (N-methyl/N-ethyl adjacent to an activating group) is 1. The van der Waals surface area contributed by atoms with Crippen molar-refractivity contribution in [1.82, 2.24) is 10.6 Å². The van der Waals surface area contributed by atoms with Crippen molar-refractivity contribution in [3.05, 3.63) is 29.8 Å². The van der Waals surface area contributed by atoms with Crippen LogP contribution in [0.5, 0.6) is 5.75 Å². The van der Waals surface area contributed by atoms with E-state index in [1.807, 2.05) is 31.2 Å². The summed E-state index contributed by atoms with van der Waals surface area (Å²) in [5.41, 5.74) is 1.16. The molecule has 0 fully saturated rings. The number of carbonyl (C=O) groups is 1. The van der Waals surface area contributed by atoms with Gasteiger partial charge in [-0.1, -0.05) is 12.1 Å². The Labute approximate surface area is 108 Å². The molecule has 1 rings (SSSR count). The maximum Gasteiger partial charge on any atom is 0.234 e. The Kier molecular flexibility index (Phi) is 8.19. The fourth-order valence-electron chi connectivity index (χ4n) is 1.29. The van der Waals surface area contributed by atoms with Crippen LogP contribution in [-0.2, 0) is 4.79 Å². The van der Waals surface area contributed by atoms with Crippen LogP contribution in [0.25, 0.3) is 0 Å². The minimum Gasteiger partial charge on any atom is -0.492 e. The lowest BCUT2D eigenvalue weighted by molar-refractivity contribution is -0.120. The zero-order valence-electron chi connectivity index (χ0n) is 10.2. The van der Waals surface area contributed by atoms with Gasteiger partial charge in [-0.15, -0.1) is 12.4 Å². The van der Waals surface area contributed by atoms with Crippen molar-refractivity contribution in [2.24, 2.45) is 0 Å².